The van der Waals surface area contributed by atoms with E-state index in [0.717, 1.165) is 5.69 Å². The molecule has 0 saturated carbocycles. The lowest BCUT2D eigenvalue weighted by Crippen LogP contribution is -2.39. The van der Waals surface area contributed by atoms with Gasteiger partial charge >= 0.3 is 0 Å². The van der Waals surface area contributed by atoms with Crippen molar-refractivity contribution in [3.63, 3.8) is 0 Å². The molecule has 0 aliphatic carbocycles. The van der Waals surface area contributed by atoms with Crippen molar-refractivity contribution in [2.75, 3.05) is 7.05 Å². The first-order chi connectivity index (χ1) is 10.6. The topological polar surface area (TPSA) is 106 Å². The van der Waals surface area contributed by atoms with Gasteiger partial charge in [-0.2, -0.15) is 0 Å². The molecule has 2 aromatic heterocycles. The molecule has 0 fully saturated rings. The van der Waals surface area contributed by atoms with Crippen LogP contribution in [0.15, 0.2) is 18.6 Å². The van der Waals surface area contributed by atoms with Gasteiger partial charge in [0.15, 0.2) is 0 Å². The molecular formula is C13H15N7O2. The van der Waals surface area contributed by atoms with Gasteiger partial charge in [0.05, 0.1) is 25.0 Å². The highest BCUT2D eigenvalue weighted by Gasteiger charge is 2.31. The van der Waals surface area contributed by atoms with Crippen LogP contribution in [0.5, 0.6) is 0 Å². The minimum atomic E-state index is -0.384. The molecule has 3 heterocycles. The fourth-order valence-corrected chi connectivity index (χ4v) is 2.36. The third-order valence-electron chi connectivity index (χ3n) is 3.57. The maximum Gasteiger partial charge on any atom is 0.271 e. The Kier molecular flexibility index (Phi) is 3.53. The molecule has 0 saturated heterocycles. The Morgan fingerprint density at radius 2 is 2.27 bits per heavy atom. The van der Waals surface area contributed by atoms with Gasteiger partial charge in [0.2, 0.25) is 5.91 Å². The van der Waals surface area contributed by atoms with Gasteiger partial charge in [-0.1, -0.05) is 5.21 Å². The number of amides is 2. The van der Waals surface area contributed by atoms with Crippen LogP contribution in [0.3, 0.4) is 0 Å². The van der Waals surface area contributed by atoms with Crippen molar-refractivity contribution in [3.05, 3.63) is 35.7 Å². The number of nitrogens with one attached hydrogen (secondary N) is 1. The maximum atomic E-state index is 12.0. The normalized spacial score (nSPS) is 17.3. The molecule has 1 N–H and O–H groups in total. The molecule has 0 spiro atoms. The van der Waals surface area contributed by atoms with Crippen LogP contribution in [0.4, 0.5) is 0 Å². The second-order valence-corrected chi connectivity index (χ2v) is 5.07. The summed E-state index contributed by atoms with van der Waals surface area (Å²) in [6.45, 7) is 2.42. The summed E-state index contributed by atoms with van der Waals surface area (Å²) in [5, 5.41) is 10.8. The molecule has 9 nitrogen and oxygen atoms in total. The summed E-state index contributed by atoms with van der Waals surface area (Å²) in [5.74, 6) is -0.337. The number of hydrogen-bond donors (Lipinski definition) is 1. The molecule has 9 heteroatoms. The molecule has 1 aliphatic heterocycles. The number of nitrogens with zero attached hydrogens (tertiary/aromatic N) is 6. The molecule has 0 bridgehead atoms. The Morgan fingerprint density at radius 1 is 1.45 bits per heavy atom. The van der Waals surface area contributed by atoms with Crippen LogP contribution in [0.25, 0.3) is 0 Å². The highest BCUT2D eigenvalue weighted by Crippen LogP contribution is 2.21. The minimum absolute atomic E-state index is 0.00690. The van der Waals surface area contributed by atoms with E-state index >= 15 is 0 Å². The summed E-state index contributed by atoms with van der Waals surface area (Å²) in [6.07, 6.45) is 4.35. The van der Waals surface area contributed by atoms with Gasteiger partial charge in [-0.25, -0.2) is 9.67 Å². The van der Waals surface area contributed by atoms with Gasteiger partial charge in [0.25, 0.3) is 5.91 Å². The number of aromatic nitrogens is 5. The van der Waals surface area contributed by atoms with Gasteiger partial charge < -0.3 is 10.2 Å². The van der Waals surface area contributed by atoms with Crippen LogP contribution in [-0.4, -0.2) is 48.7 Å². The number of likely N-dealkylation sites (N-methyl/N-ethyl adjacent to an activating group) is 1. The smallest absolute Gasteiger partial charge is 0.271 e. The van der Waals surface area contributed by atoms with E-state index in [0.29, 0.717) is 12.2 Å². The van der Waals surface area contributed by atoms with Gasteiger partial charge in [0, 0.05) is 19.4 Å². The highest BCUT2D eigenvalue weighted by molar-refractivity contribution is 5.91. The van der Waals surface area contributed by atoms with Crippen molar-refractivity contribution in [1.82, 2.24) is 35.2 Å². The molecule has 0 aromatic carbocycles. The summed E-state index contributed by atoms with van der Waals surface area (Å²) >= 11 is 0. The van der Waals surface area contributed by atoms with Gasteiger partial charge in [0.1, 0.15) is 17.4 Å². The van der Waals surface area contributed by atoms with E-state index in [2.05, 4.69) is 25.6 Å². The molecule has 0 radical (unpaired) electrons. The Morgan fingerprint density at radius 3 is 3.00 bits per heavy atom. The third-order valence-corrected chi connectivity index (χ3v) is 3.57. The Hall–Kier alpha value is -2.84. The van der Waals surface area contributed by atoms with Crippen molar-refractivity contribution in [3.8, 4) is 0 Å². The van der Waals surface area contributed by atoms with Crippen LogP contribution >= 0.6 is 0 Å². The second-order valence-electron chi connectivity index (χ2n) is 5.07. The zero-order valence-corrected chi connectivity index (χ0v) is 12.2. The largest absolute Gasteiger partial charge is 0.345 e. The molecule has 1 unspecified atom stereocenters. The Bertz CT molecular complexity index is 712. The first-order valence-electron chi connectivity index (χ1n) is 6.80. The molecular weight excluding hydrogens is 286 g/mol. The number of fused-ring (bicyclic) bond motifs is 1. The molecule has 1 atom stereocenters. The highest BCUT2D eigenvalue weighted by atomic mass is 16.2. The summed E-state index contributed by atoms with van der Waals surface area (Å²) in [4.78, 5) is 33.3. The van der Waals surface area contributed by atoms with E-state index in [1.54, 1.807) is 23.6 Å². The molecule has 1 aliphatic rings. The van der Waals surface area contributed by atoms with Gasteiger partial charge in [-0.3, -0.25) is 14.6 Å². The zero-order valence-electron chi connectivity index (χ0n) is 12.2. The predicted octanol–water partition coefficient (Wildman–Crippen LogP) is -0.469. The van der Waals surface area contributed by atoms with Crippen molar-refractivity contribution in [1.29, 1.82) is 0 Å². The van der Waals surface area contributed by atoms with Crippen LogP contribution in [0.2, 0.25) is 0 Å². The van der Waals surface area contributed by atoms with Crippen LogP contribution in [-0.2, 0) is 17.9 Å². The predicted molar refractivity (Wildman–Crippen MR) is 74.4 cm³/mol. The molecule has 2 amide bonds. The van der Waals surface area contributed by atoms with E-state index in [-0.39, 0.29) is 30.1 Å². The van der Waals surface area contributed by atoms with E-state index in [1.807, 2.05) is 0 Å². The maximum absolute atomic E-state index is 12.0. The molecule has 3 rings (SSSR count). The quantitative estimate of drug-likeness (QED) is 0.821. The first kappa shape index (κ1) is 14.1. The fourth-order valence-electron chi connectivity index (χ4n) is 2.36. The SMILES string of the molecule is CC1C(=O)N(C)Cc2c(CNC(=O)c3cnccn3)nnn21. The lowest BCUT2D eigenvalue weighted by Gasteiger charge is -2.28. The first-order valence-corrected chi connectivity index (χ1v) is 6.80. The minimum Gasteiger partial charge on any atom is -0.345 e. The standard InChI is InChI=1S/C13H15N7O2/c1-8-13(22)19(2)7-11-9(17-18-20(8)11)6-16-12(21)10-5-14-3-4-15-10/h3-5,8H,6-7H2,1-2H3,(H,16,21). The van der Waals surface area contributed by atoms with E-state index in [1.165, 1.54) is 18.6 Å². The Balaban J connectivity index is 1.74. The summed E-state index contributed by atoms with van der Waals surface area (Å²) in [7, 11) is 1.73. The number of carbonyl (C=O) groups is 2. The average Bonchev–Trinajstić information content (AvgIpc) is 2.94. The summed E-state index contributed by atoms with van der Waals surface area (Å²) in [5.41, 5.74) is 1.71. The Labute approximate surface area is 126 Å². The summed E-state index contributed by atoms with van der Waals surface area (Å²) < 4.78 is 1.60. The van der Waals surface area contributed by atoms with Crippen LogP contribution < -0.4 is 5.32 Å². The lowest BCUT2D eigenvalue weighted by atomic mass is 10.2. The van der Waals surface area contributed by atoms with Crippen LogP contribution in [0.1, 0.15) is 34.8 Å². The van der Waals surface area contributed by atoms with E-state index in [9.17, 15) is 9.59 Å². The van der Waals surface area contributed by atoms with Crippen molar-refractivity contribution in [2.45, 2.75) is 26.1 Å². The van der Waals surface area contributed by atoms with Crippen molar-refractivity contribution < 1.29 is 9.59 Å². The van der Waals surface area contributed by atoms with Gasteiger partial charge in [-0.15, -0.1) is 5.10 Å². The monoisotopic (exact) mass is 301 g/mol. The van der Waals surface area contributed by atoms with Crippen molar-refractivity contribution >= 4 is 11.8 Å². The average molecular weight is 301 g/mol. The van der Waals surface area contributed by atoms with Crippen molar-refractivity contribution in [2.24, 2.45) is 0 Å². The van der Waals surface area contributed by atoms with Crippen LogP contribution in [0, 0.1) is 0 Å². The fraction of sp³-hybridized carbons (Fsp3) is 0.385. The molecule has 2 aromatic rings. The zero-order chi connectivity index (χ0) is 15.7. The molecule has 22 heavy (non-hydrogen) atoms. The molecule has 114 valence electrons. The summed E-state index contributed by atoms with van der Waals surface area (Å²) in [6, 6.07) is -0.384. The third kappa shape index (κ3) is 2.41. The second kappa shape index (κ2) is 5.51. The number of carbonyl (C=O) groups excluding carboxylic acids is 2. The lowest BCUT2D eigenvalue weighted by molar-refractivity contribution is -0.135. The van der Waals surface area contributed by atoms with E-state index < -0.39 is 0 Å². The number of hydrogen-bond acceptors (Lipinski definition) is 6. The van der Waals surface area contributed by atoms with E-state index in [4.69, 9.17) is 0 Å². The number of rotatable bonds is 3. The van der Waals surface area contributed by atoms with Gasteiger partial charge in [-0.05, 0) is 6.92 Å².